The van der Waals surface area contributed by atoms with Crippen LogP contribution in [-0.2, 0) is 9.59 Å². The zero-order valence-corrected chi connectivity index (χ0v) is 21.0. The van der Waals surface area contributed by atoms with Crippen LogP contribution in [0.1, 0.15) is 56.2 Å². The fraction of sp³-hybridized carbons (Fsp3) is 0.345. The van der Waals surface area contributed by atoms with Crippen LogP contribution >= 0.6 is 0 Å². The number of imide groups is 2. The van der Waals surface area contributed by atoms with Crippen molar-refractivity contribution in [2.24, 2.45) is 0 Å². The number of carbonyl (C=O) groups excluding carboxylic acids is 3. The Hall–Kier alpha value is -3.85. The first kappa shape index (κ1) is 25.8. The molecule has 3 rings (SSSR count). The minimum Gasteiger partial charge on any atom is -0.378 e. The second kappa shape index (κ2) is 12.0. The second-order valence-corrected chi connectivity index (χ2v) is 8.77. The van der Waals surface area contributed by atoms with E-state index in [9.17, 15) is 14.4 Å². The van der Waals surface area contributed by atoms with Crippen molar-refractivity contribution < 1.29 is 14.4 Å². The summed E-state index contributed by atoms with van der Waals surface area (Å²) < 4.78 is 0. The number of barbiturate groups is 1. The molecule has 35 heavy (non-hydrogen) atoms. The van der Waals surface area contributed by atoms with Crippen molar-refractivity contribution in [3.63, 3.8) is 0 Å². The number of hydrogen-bond acceptors (Lipinski definition) is 4. The largest absolute Gasteiger partial charge is 0.378 e. The summed E-state index contributed by atoms with van der Waals surface area (Å²) >= 11 is 0. The Morgan fingerprint density at radius 3 is 1.63 bits per heavy atom. The molecule has 0 bridgehead atoms. The van der Waals surface area contributed by atoms with E-state index in [1.165, 1.54) is 9.80 Å². The van der Waals surface area contributed by atoms with Crippen molar-refractivity contribution in [2.45, 2.75) is 39.5 Å². The van der Waals surface area contributed by atoms with E-state index in [0.29, 0.717) is 31.5 Å². The van der Waals surface area contributed by atoms with E-state index >= 15 is 0 Å². The van der Waals surface area contributed by atoms with Gasteiger partial charge in [-0.05, 0) is 60.9 Å². The fourth-order valence-corrected chi connectivity index (χ4v) is 3.67. The van der Waals surface area contributed by atoms with Gasteiger partial charge in [0.2, 0.25) is 0 Å². The van der Waals surface area contributed by atoms with Gasteiger partial charge in [0, 0.05) is 44.0 Å². The number of nitrogens with zero attached hydrogens (tertiary/aromatic N) is 3. The summed E-state index contributed by atoms with van der Waals surface area (Å²) in [7, 11) is 3.99. The van der Waals surface area contributed by atoms with E-state index in [-0.39, 0.29) is 5.57 Å². The van der Waals surface area contributed by atoms with E-state index in [1.54, 1.807) is 6.08 Å². The maximum Gasteiger partial charge on any atom is 0.333 e. The van der Waals surface area contributed by atoms with Gasteiger partial charge in [-0.3, -0.25) is 19.4 Å². The van der Waals surface area contributed by atoms with Crippen LogP contribution < -0.4 is 4.90 Å². The molecule has 0 atom stereocenters. The number of hydrogen-bond donors (Lipinski definition) is 0. The lowest BCUT2D eigenvalue weighted by atomic mass is 10.0. The molecule has 4 amide bonds. The Morgan fingerprint density at radius 1 is 0.743 bits per heavy atom. The van der Waals surface area contributed by atoms with Crippen LogP contribution in [0.5, 0.6) is 0 Å². The average molecular weight is 472 g/mol. The van der Waals surface area contributed by atoms with Crippen LogP contribution in [0, 0.1) is 11.8 Å². The molecule has 0 N–H and O–H groups in total. The third-order valence-corrected chi connectivity index (χ3v) is 5.84. The molecular weight excluding hydrogens is 438 g/mol. The van der Waals surface area contributed by atoms with Gasteiger partial charge < -0.3 is 4.90 Å². The highest BCUT2D eigenvalue weighted by molar-refractivity contribution is 6.30. The average Bonchev–Trinajstić information content (AvgIpc) is 2.86. The van der Waals surface area contributed by atoms with Gasteiger partial charge in [-0.15, -0.1) is 0 Å². The molecule has 1 aliphatic rings. The lowest BCUT2D eigenvalue weighted by molar-refractivity contribution is -0.135. The third-order valence-electron chi connectivity index (χ3n) is 5.84. The first-order valence-electron chi connectivity index (χ1n) is 12.1. The number of anilines is 1. The molecule has 0 aliphatic carbocycles. The molecule has 0 aromatic heterocycles. The van der Waals surface area contributed by atoms with Crippen molar-refractivity contribution >= 4 is 29.6 Å². The van der Waals surface area contributed by atoms with E-state index in [0.717, 1.165) is 29.7 Å². The lowest BCUT2D eigenvalue weighted by Crippen LogP contribution is -2.56. The Morgan fingerprint density at radius 2 is 1.20 bits per heavy atom. The Balaban J connectivity index is 1.82. The van der Waals surface area contributed by atoms with Gasteiger partial charge in [-0.25, -0.2) is 4.79 Å². The van der Waals surface area contributed by atoms with Gasteiger partial charge >= 0.3 is 6.03 Å². The maximum absolute atomic E-state index is 13.0. The highest BCUT2D eigenvalue weighted by Crippen LogP contribution is 2.21. The van der Waals surface area contributed by atoms with Crippen LogP contribution in [0.15, 0.2) is 54.1 Å². The summed E-state index contributed by atoms with van der Waals surface area (Å²) in [4.78, 5) is 43.3. The Kier molecular flexibility index (Phi) is 8.86. The van der Waals surface area contributed by atoms with E-state index < -0.39 is 17.8 Å². The summed E-state index contributed by atoms with van der Waals surface area (Å²) in [5, 5.41) is 0. The predicted molar refractivity (Wildman–Crippen MR) is 140 cm³/mol. The van der Waals surface area contributed by atoms with Gasteiger partial charge in [0.15, 0.2) is 0 Å². The summed E-state index contributed by atoms with van der Waals surface area (Å²) in [6.07, 6.45) is 4.67. The van der Waals surface area contributed by atoms with Crippen LogP contribution in [0.25, 0.3) is 6.08 Å². The molecule has 2 aromatic carbocycles. The maximum atomic E-state index is 13.0. The quantitative estimate of drug-likeness (QED) is 0.311. The van der Waals surface area contributed by atoms with Gasteiger partial charge in [-0.1, -0.05) is 50.7 Å². The summed E-state index contributed by atoms with van der Waals surface area (Å²) in [5.41, 5.74) is 3.60. The monoisotopic (exact) mass is 471 g/mol. The summed E-state index contributed by atoms with van der Waals surface area (Å²) in [5.74, 6) is 5.26. The zero-order valence-electron chi connectivity index (χ0n) is 21.0. The molecule has 6 nitrogen and oxygen atoms in total. The number of urea groups is 1. The first-order valence-corrected chi connectivity index (χ1v) is 12.1. The smallest absolute Gasteiger partial charge is 0.333 e. The normalized spacial score (nSPS) is 13.6. The fourth-order valence-electron chi connectivity index (χ4n) is 3.67. The van der Waals surface area contributed by atoms with Crippen molar-refractivity contribution in [3.05, 3.63) is 70.8 Å². The predicted octanol–water partition coefficient (Wildman–Crippen LogP) is 4.93. The van der Waals surface area contributed by atoms with Crippen LogP contribution in [0.3, 0.4) is 0 Å². The third kappa shape index (κ3) is 6.39. The van der Waals surface area contributed by atoms with Crippen molar-refractivity contribution in [1.29, 1.82) is 0 Å². The minimum atomic E-state index is -0.522. The second-order valence-electron chi connectivity index (χ2n) is 8.77. The molecule has 1 aliphatic heterocycles. The van der Waals surface area contributed by atoms with Crippen LogP contribution in [0.4, 0.5) is 10.5 Å². The standard InChI is InChI=1S/C29H33N3O3/c1-5-7-19-31-27(33)26(28(34)32(29(31)35)20-8-6-2)21-24-13-11-22(12-14-24)9-10-23-15-17-25(18-16-23)30(3)4/h11-18,21H,5-8,19-20H2,1-4H3. The number of unbranched alkanes of at least 4 members (excludes halogenated alkanes) is 2. The summed E-state index contributed by atoms with van der Waals surface area (Å²) in [6.45, 7) is 4.62. The van der Waals surface area contributed by atoms with Crippen LogP contribution in [0.2, 0.25) is 0 Å². The van der Waals surface area contributed by atoms with Crippen molar-refractivity contribution in [2.75, 3.05) is 32.1 Å². The molecule has 0 spiro atoms. The molecule has 1 heterocycles. The Labute approximate surface area is 208 Å². The molecule has 182 valence electrons. The highest BCUT2D eigenvalue weighted by atomic mass is 16.2. The molecule has 1 fully saturated rings. The molecule has 0 radical (unpaired) electrons. The molecule has 0 saturated carbocycles. The van der Waals surface area contributed by atoms with E-state index in [4.69, 9.17) is 0 Å². The molecule has 2 aromatic rings. The minimum absolute atomic E-state index is 0.0247. The van der Waals surface area contributed by atoms with Crippen molar-refractivity contribution in [1.82, 2.24) is 9.80 Å². The van der Waals surface area contributed by atoms with Crippen molar-refractivity contribution in [3.8, 4) is 11.8 Å². The van der Waals surface area contributed by atoms with Gasteiger partial charge in [0.25, 0.3) is 11.8 Å². The van der Waals surface area contributed by atoms with Gasteiger partial charge in [0.1, 0.15) is 5.57 Å². The number of benzene rings is 2. The highest BCUT2D eigenvalue weighted by Gasteiger charge is 2.41. The molecule has 6 heteroatoms. The molecule has 1 saturated heterocycles. The number of amides is 4. The lowest BCUT2D eigenvalue weighted by Gasteiger charge is -2.34. The summed E-state index contributed by atoms with van der Waals surface area (Å²) in [6, 6.07) is 14.9. The topological polar surface area (TPSA) is 60.9 Å². The molecule has 0 unspecified atom stereocenters. The first-order chi connectivity index (χ1) is 16.8. The van der Waals surface area contributed by atoms with Gasteiger partial charge in [-0.2, -0.15) is 0 Å². The van der Waals surface area contributed by atoms with Gasteiger partial charge in [0.05, 0.1) is 0 Å². The Bertz CT molecular complexity index is 1120. The number of carbonyl (C=O) groups is 3. The van der Waals surface area contributed by atoms with E-state index in [2.05, 4.69) is 11.8 Å². The van der Waals surface area contributed by atoms with Crippen LogP contribution in [-0.4, -0.2) is 54.8 Å². The zero-order chi connectivity index (χ0) is 25.4. The van der Waals surface area contributed by atoms with E-state index in [1.807, 2.05) is 81.4 Å². The SMILES string of the molecule is CCCCN1C(=O)C(=Cc2ccc(C#Cc3ccc(N(C)C)cc3)cc2)C(=O)N(CCCC)C1=O. The number of rotatable bonds is 8. The molecular formula is C29H33N3O3.